The molecule has 0 saturated heterocycles. The van der Waals surface area contributed by atoms with Gasteiger partial charge in [0, 0.05) is 11.1 Å². The second kappa shape index (κ2) is 9.01. The number of esters is 1. The van der Waals surface area contributed by atoms with Crippen LogP contribution in [0.25, 0.3) is 11.5 Å². The Kier molecular flexibility index (Phi) is 6.23. The molecule has 1 unspecified atom stereocenters. The van der Waals surface area contributed by atoms with Crippen molar-refractivity contribution in [1.82, 2.24) is 15.5 Å². The third-order valence-corrected chi connectivity index (χ3v) is 4.22. The number of benzene rings is 2. The third kappa shape index (κ3) is 4.98. The molecule has 0 aliphatic heterocycles. The highest BCUT2D eigenvalue weighted by atomic mass is 16.6. The molecule has 1 heterocycles. The van der Waals surface area contributed by atoms with Gasteiger partial charge in [-0.1, -0.05) is 18.2 Å². The van der Waals surface area contributed by atoms with Crippen molar-refractivity contribution in [3.05, 3.63) is 65.5 Å². The van der Waals surface area contributed by atoms with Crippen molar-refractivity contribution >= 4 is 11.9 Å². The molecule has 1 atom stereocenters. The molecule has 0 aliphatic rings. The fraction of sp³-hybridized carbons (Fsp3) is 0.238. The van der Waals surface area contributed by atoms with E-state index >= 15 is 0 Å². The minimum absolute atomic E-state index is 0.161. The third-order valence-electron chi connectivity index (χ3n) is 4.22. The summed E-state index contributed by atoms with van der Waals surface area (Å²) in [5, 5.41) is 10.5. The van der Waals surface area contributed by atoms with Gasteiger partial charge in [0.1, 0.15) is 12.3 Å². The number of ether oxygens (including phenoxy) is 2. The average Bonchev–Trinajstić information content (AvgIpc) is 3.23. The first kappa shape index (κ1) is 20.1. The van der Waals surface area contributed by atoms with Crippen molar-refractivity contribution in [2.24, 2.45) is 0 Å². The van der Waals surface area contributed by atoms with Crippen LogP contribution in [0.15, 0.2) is 52.9 Å². The number of hydrogen-bond acceptors (Lipinski definition) is 7. The Labute approximate surface area is 167 Å². The predicted octanol–water partition coefficient (Wildman–Crippen LogP) is 3.09. The topological polar surface area (TPSA) is 104 Å². The molecular weight excluding hydrogens is 374 g/mol. The molecule has 0 bridgehead atoms. The number of nitrogens with zero attached hydrogens (tertiary/aromatic N) is 2. The number of carbonyl (C=O) groups excluding carboxylic acids is 2. The van der Waals surface area contributed by atoms with Gasteiger partial charge >= 0.3 is 5.97 Å². The van der Waals surface area contributed by atoms with E-state index in [1.807, 2.05) is 19.1 Å². The van der Waals surface area contributed by atoms with Crippen LogP contribution in [0.5, 0.6) is 5.75 Å². The van der Waals surface area contributed by atoms with Gasteiger partial charge in [0.15, 0.2) is 6.10 Å². The Balaban J connectivity index is 1.55. The molecule has 1 amide bonds. The van der Waals surface area contributed by atoms with E-state index in [0.717, 1.165) is 5.56 Å². The number of amides is 1. The highest BCUT2D eigenvalue weighted by Gasteiger charge is 2.20. The van der Waals surface area contributed by atoms with Crippen LogP contribution in [-0.4, -0.2) is 35.7 Å². The fourth-order valence-corrected chi connectivity index (χ4v) is 2.61. The summed E-state index contributed by atoms with van der Waals surface area (Å²) < 4.78 is 16.0. The van der Waals surface area contributed by atoms with Crippen LogP contribution in [0.3, 0.4) is 0 Å². The summed E-state index contributed by atoms with van der Waals surface area (Å²) >= 11 is 0. The van der Waals surface area contributed by atoms with E-state index in [9.17, 15) is 9.59 Å². The highest BCUT2D eigenvalue weighted by Crippen LogP contribution is 2.24. The quantitative estimate of drug-likeness (QED) is 0.613. The van der Waals surface area contributed by atoms with Crippen LogP contribution in [-0.2, 0) is 9.53 Å². The molecule has 3 aromatic rings. The first-order valence-corrected chi connectivity index (χ1v) is 8.99. The van der Waals surface area contributed by atoms with Crippen molar-refractivity contribution in [2.45, 2.75) is 20.0 Å². The van der Waals surface area contributed by atoms with Crippen molar-refractivity contribution in [2.75, 3.05) is 13.7 Å². The van der Waals surface area contributed by atoms with Crippen molar-refractivity contribution in [1.29, 1.82) is 0 Å². The molecule has 0 radical (unpaired) electrons. The SMILES string of the molecule is COc1ccc(-c2nnc(C(C)OC(=O)CNC(=O)c3ccccc3C)o2)cc1. The first-order valence-electron chi connectivity index (χ1n) is 8.99. The molecule has 1 aromatic heterocycles. The fourth-order valence-electron chi connectivity index (χ4n) is 2.61. The van der Waals surface area contributed by atoms with Gasteiger partial charge in [-0.3, -0.25) is 9.59 Å². The second-order valence-electron chi connectivity index (χ2n) is 6.30. The van der Waals surface area contributed by atoms with Crippen LogP contribution in [0.2, 0.25) is 0 Å². The molecule has 0 fully saturated rings. The van der Waals surface area contributed by atoms with Gasteiger partial charge in [-0.2, -0.15) is 0 Å². The monoisotopic (exact) mass is 395 g/mol. The average molecular weight is 395 g/mol. The molecule has 2 aromatic carbocycles. The largest absolute Gasteiger partial charge is 0.497 e. The number of methoxy groups -OCH3 is 1. The lowest BCUT2D eigenvalue weighted by atomic mass is 10.1. The van der Waals surface area contributed by atoms with Crippen LogP contribution in [0.4, 0.5) is 0 Å². The number of hydrogen-bond donors (Lipinski definition) is 1. The minimum atomic E-state index is -0.752. The van der Waals surface area contributed by atoms with Gasteiger partial charge in [-0.15, -0.1) is 10.2 Å². The van der Waals surface area contributed by atoms with E-state index in [-0.39, 0.29) is 18.3 Å². The molecule has 0 saturated carbocycles. The Morgan fingerprint density at radius 1 is 1.10 bits per heavy atom. The van der Waals surface area contributed by atoms with E-state index in [1.54, 1.807) is 50.4 Å². The molecule has 0 aliphatic carbocycles. The maximum atomic E-state index is 12.2. The summed E-state index contributed by atoms with van der Waals surface area (Å²) in [4.78, 5) is 24.2. The van der Waals surface area contributed by atoms with Crippen LogP contribution in [0.1, 0.15) is 34.8 Å². The normalized spacial score (nSPS) is 11.6. The highest BCUT2D eigenvalue weighted by molar-refractivity contribution is 5.97. The lowest BCUT2D eigenvalue weighted by molar-refractivity contribution is -0.148. The van der Waals surface area contributed by atoms with E-state index in [1.165, 1.54) is 0 Å². The van der Waals surface area contributed by atoms with Gasteiger partial charge in [-0.05, 0) is 49.7 Å². The zero-order valence-electron chi connectivity index (χ0n) is 16.3. The maximum absolute atomic E-state index is 12.2. The van der Waals surface area contributed by atoms with E-state index < -0.39 is 12.1 Å². The van der Waals surface area contributed by atoms with Gasteiger partial charge in [0.25, 0.3) is 11.8 Å². The maximum Gasteiger partial charge on any atom is 0.326 e. The Morgan fingerprint density at radius 2 is 1.83 bits per heavy atom. The number of carbonyl (C=O) groups is 2. The summed E-state index contributed by atoms with van der Waals surface area (Å²) in [5.74, 6) is 0.229. The summed E-state index contributed by atoms with van der Waals surface area (Å²) in [6, 6.07) is 14.2. The molecule has 8 heteroatoms. The van der Waals surface area contributed by atoms with Crippen molar-refractivity contribution in [3.63, 3.8) is 0 Å². The van der Waals surface area contributed by atoms with Gasteiger partial charge in [0.2, 0.25) is 5.89 Å². The molecule has 29 heavy (non-hydrogen) atoms. The summed E-state index contributed by atoms with van der Waals surface area (Å²) in [6.45, 7) is 3.18. The summed E-state index contributed by atoms with van der Waals surface area (Å²) in [5.41, 5.74) is 2.05. The van der Waals surface area contributed by atoms with Crippen LogP contribution < -0.4 is 10.1 Å². The van der Waals surface area contributed by atoms with Gasteiger partial charge < -0.3 is 19.2 Å². The van der Waals surface area contributed by atoms with E-state index in [0.29, 0.717) is 22.8 Å². The molecule has 150 valence electrons. The number of nitrogens with one attached hydrogen (secondary N) is 1. The van der Waals surface area contributed by atoms with Crippen LogP contribution in [0, 0.1) is 6.92 Å². The smallest absolute Gasteiger partial charge is 0.326 e. The van der Waals surface area contributed by atoms with Gasteiger partial charge in [-0.25, -0.2) is 0 Å². The molecule has 1 N–H and O–H groups in total. The van der Waals surface area contributed by atoms with Crippen molar-refractivity contribution in [3.8, 4) is 17.2 Å². The molecule has 8 nitrogen and oxygen atoms in total. The lowest BCUT2D eigenvalue weighted by Crippen LogP contribution is -2.31. The summed E-state index contributed by atoms with van der Waals surface area (Å²) in [7, 11) is 1.58. The number of aromatic nitrogens is 2. The van der Waals surface area contributed by atoms with E-state index in [2.05, 4.69) is 15.5 Å². The zero-order valence-corrected chi connectivity index (χ0v) is 16.3. The van der Waals surface area contributed by atoms with Gasteiger partial charge in [0.05, 0.1) is 7.11 Å². The summed E-state index contributed by atoms with van der Waals surface area (Å²) in [6.07, 6.45) is -0.752. The van der Waals surface area contributed by atoms with Crippen LogP contribution >= 0.6 is 0 Å². The molecule has 3 rings (SSSR count). The van der Waals surface area contributed by atoms with Crippen molar-refractivity contribution < 1.29 is 23.5 Å². The standard InChI is InChI=1S/C21H21N3O5/c1-13-6-4-5-7-17(13)19(26)22-12-18(25)28-14(2)20-23-24-21(29-20)15-8-10-16(27-3)11-9-15/h4-11,14H,12H2,1-3H3,(H,22,26). The first-order chi connectivity index (χ1) is 14.0. The lowest BCUT2D eigenvalue weighted by Gasteiger charge is -2.11. The van der Waals surface area contributed by atoms with E-state index in [4.69, 9.17) is 13.9 Å². The molecule has 0 spiro atoms. The Morgan fingerprint density at radius 3 is 2.52 bits per heavy atom. The number of rotatable bonds is 7. The predicted molar refractivity (Wildman–Crippen MR) is 104 cm³/mol. The minimum Gasteiger partial charge on any atom is -0.497 e. The number of aryl methyl sites for hydroxylation is 1. The Bertz CT molecular complexity index is 998. The molecular formula is C21H21N3O5. The zero-order chi connectivity index (χ0) is 20.8. The second-order valence-corrected chi connectivity index (χ2v) is 6.30. The Hall–Kier alpha value is -3.68.